The van der Waals surface area contributed by atoms with Gasteiger partial charge in [-0.25, -0.2) is 0 Å². The number of carbonyl (C=O) groups excluding carboxylic acids is 4. The predicted molar refractivity (Wildman–Crippen MR) is 130 cm³/mol. The number of para-hydroxylation sites is 1. The van der Waals surface area contributed by atoms with E-state index >= 15 is 0 Å². The molecule has 2 rings (SSSR count). The van der Waals surface area contributed by atoms with Crippen LogP contribution in [0.3, 0.4) is 0 Å². The van der Waals surface area contributed by atoms with Gasteiger partial charge in [0, 0.05) is 24.0 Å². The van der Waals surface area contributed by atoms with Crippen LogP contribution in [-0.2, 0) is 0 Å². The number of benzene rings is 2. The number of phenolic OH excluding ortho intramolecular Hbond substituents is 1. The van der Waals surface area contributed by atoms with Crippen LogP contribution >= 0.6 is 0 Å². The molecule has 0 spiro atoms. The zero-order valence-electron chi connectivity index (χ0n) is 20.4. The molecule has 0 amide bonds. The number of quaternary nitrogens is 1. The SMILES string of the molecule is CC.CC(C)C(=O)c1cccc(C=O)c1O.CCC(=O)c1cc(C=O)ccc1[N+](C)(C)C. The van der Waals surface area contributed by atoms with Crippen LogP contribution in [0.15, 0.2) is 36.4 Å². The third kappa shape index (κ3) is 7.85. The van der Waals surface area contributed by atoms with Crippen LogP contribution in [0.1, 0.15) is 82.5 Å². The Morgan fingerprint density at radius 2 is 1.56 bits per heavy atom. The molecule has 0 atom stereocenters. The summed E-state index contributed by atoms with van der Waals surface area (Å²) < 4.78 is 0.570. The van der Waals surface area contributed by atoms with Gasteiger partial charge in [-0.15, -0.1) is 0 Å². The monoisotopic (exact) mass is 442 g/mol. The second kappa shape index (κ2) is 13.3. The first-order valence-electron chi connectivity index (χ1n) is 10.7. The average molecular weight is 443 g/mol. The molecule has 0 saturated carbocycles. The van der Waals surface area contributed by atoms with Gasteiger partial charge in [0.25, 0.3) is 0 Å². The number of aromatic hydroxyl groups is 1. The maximum atomic E-state index is 11.8. The van der Waals surface area contributed by atoms with Crippen LogP contribution in [0.2, 0.25) is 0 Å². The van der Waals surface area contributed by atoms with E-state index in [0.29, 0.717) is 28.3 Å². The minimum absolute atomic E-state index is 0.0757. The van der Waals surface area contributed by atoms with Crippen LogP contribution in [-0.4, -0.2) is 50.4 Å². The lowest BCUT2D eigenvalue weighted by Crippen LogP contribution is -2.36. The van der Waals surface area contributed by atoms with Crippen LogP contribution in [0, 0.1) is 5.92 Å². The number of nitrogens with zero attached hydrogens (tertiary/aromatic N) is 1. The standard InChI is InChI=1S/C13H18NO2.C11H12O3.C2H6/c1-5-13(16)11-8-10(9-15)6-7-12(11)14(2,3)4;1-7(2)10(13)9-5-3-4-8(6-12)11(9)14;1-2/h6-9H,5H2,1-4H3;3-7,14H,1-2H3;1-2H3/q+1;;. The first kappa shape index (κ1) is 28.9. The van der Waals surface area contributed by atoms with Crippen molar-refractivity contribution in [3.8, 4) is 5.75 Å². The molecule has 2 aromatic carbocycles. The van der Waals surface area contributed by atoms with Crippen molar-refractivity contribution in [2.45, 2.75) is 41.0 Å². The highest BCUT2D eigenvalue weighted by molar-refractivity contribution is 6.02. The first-order valence-corrected chi connectivity index (χ1v) is 10.7. The number of phenols is 1. The third-order valence-electron chi connectivity index (χ3n) is 4.48. The highest BCUT2D eigenvalue weighted by Gasteiger charge is 2.21. The van der Waals surface area contributed by atoms with Crippen molar-refractivity contribution in [2.75, 3.05) is 21.1 Å². The van der Waals surface area contributed by atoms with Gasteiger partial charge in [-0.05, 0) is 24.3 Å². The summed E-state index contributed by atoms with van der Waals surface area (Å²) in [6, 6.07) is 9.85. The zero-order valence-corrected chi connectivity index (χ0v) is 20.4. The summed E-state index contributed by atoms with van der Waals surface area (Å²) in [5.41, 5.74) is 2.51. The van der Waals surface area contributed by atoms with E-state index in [1.807, 2.05) is 48.0 Å². The van der Waals surface area contributed by atoms with Crippen molar-refractivity contribution >= 4 is 29.8 Å². The maximum absolute atomic E-state index is 11.8. The summed E-state index contributed by atoms with van der Waals surface area (Å²) in [6.07, 6.45) is 1.76. The van der Waals surface area contributed by atoms with E-state index in [9.17, 15) is 24.3 Å². The molecule has 0 aliphatic heterocycles. The highest BCUT2D eigenvalue weighted by atomic mass is 16.3. The Morgan fingerprint density at radius 3 is 2.00 bits per heavy atom. The van der Waals surface area contributed by atoms with Gasteiger partial charge in [0.15, 0.2) is 17.9 Å². The van der Waals surface area contributed by atoms with Gasteiger partial charge < -0.3 is 5.11 Å². The molecule has 32 heavy (non-hydrogen) atoms. The number of ketones is 2. The Balaban J connectivity index is 0.000000561. The summed E-state index contributed by atoms with van der Waals surface area (Å²) >= 11 is 0. The maximum Gasteiger partial charge on any atom is 0.169 e. The van der Waals surface area contributed by atoms with Crippen molar-refractivity contribution in [1.29, 1.82) is 0 Å². The van der Waals surface area contributed by atoms with Gasteiger partial charge in [0.1, 0.15) is 17.7 Å². The lowest BCUT2D eigenvalue weighted by molar-refractivity contribution is 0.0935. The minimum Gasteiger partial charge on any atom is -0.506 e. The molecule has 0 bridgehead atoms. The Kier molecular flexibility index (Phi) is 12.0. The Bertz CT molecular complexity index is 940. The van der Waals surface area contributed by atoms with E-state index in [4.69, 9.17) is 0 Å². The lowest BCUT2D eigenvalue weighted by Gasteiger charge is -2.25. The number of hydrogen-bond donors (Lipinski definition) is 1. The second-order valence-electron chi connectivity index (χ2n) is 8.06. The number of Topliss-reactive ketones (excluding diaryl/α,β-unsaturated/α-hetero) is 2. The molecule has 174 valence electrons. The van der Waals surface area contributed by atoms with Gasteiger partial charge >= 0.3 is 0 Å². The van der Waals surface area contributed by atoms with Crippen LogP contribution in [0.4, 0.5) is 5.69 Å². The summed E-state index contributed by atoms with van der Waals surface area (Å²) in [7, 11) is 6.01. The fourth-order valence-electron chi connectivity index (χ4n) is 2.79. The van der Waals surface area contributed by atoms with E-state index in [1.165, 1.54) is 12.1 Å². The molecule has 0 radical (unpaired) electrons. The minimum atomic E-state index is -0.221. The van der Waals surface area contributed by atoms with E-state index < -0.39 is 0 Å². The van der Waals surface area contributed by atoms with E-state index in [1.54, 1.807) is 32.0 Å². The van der Waals surface area contributed by atoms with Crippen molar-refractivity contribution in [3.63, 3.8) is 0 Å². The summed E-state index contributed by atoms with van der Waals surface area (Å²) in [4.78, 5) is 44.6. The molecule has 0 aromatic heterocycles. The average Bonchev–Trinajstić information content (AvgIpc) is 2.78. The van der Waals surface area contributed by atoms with Crippen LogP contribution in [0.5, 0.6) is 5.75 Å². The van der Waals surface area contributed by atoms with Crippen molar-refractivity contribution in [2.24, 2.45) is 5.92 Å². The lowest BCUT2D eigenvalue weighted by atomic mass is 9.98. The number of rotatable bonds is 7. The van der Waals surface area contributed by atoms with E-state index in [2.05, 4.69) is 0 Å². The topological polar surface area (TPSA) is 88.5 Å². The second-order valence-corrected chi connectivity index (χ2v) is 8.06. The first-order chi connectivity index (χ1) is 15.0. The number of carbonyl (C=O) groups is 4. The fraction of sp³-hybridized carbons (Fsp3) is 0.385. The zero-order chi connectivity index (χ0) is 25.1. The molecule has 1 N–H and O–H groups in total. The molecular formula is C26H36NO5+. The highest BCUT2D eigenvalue weighted by Crippen LogP contribution is 2.25. The molecule has 0 fully saturated rings. The quantitative estimate of drug-likeness (QED) is 0.354. The van der Waals surface area contributed by atoms with Gasteiger partial charge in [-0.2, -0.15) is 0 Å². The molecular weight excluding hydrogens is 406 g/mol. The van der Waals surface area contributed by atoms with Gasteiger partial charge in [0.2, 0.25) is 0 Å². The number of aldehydes is 2. The van der Waals surface area contributed by atoms with E-state index in [0.717, 1.165) is 12.0 Å². The van der Waals surface area contributed by atoms with Crippen molar-refractivity contribution in [1.82, 2.24) is 4.48 Å². The van der Waals surface area contributed by atoms with Crippen LogP contribution < -0.4 is 4.48 Å². The van der Waals surface area contributed by atoms with Crippen molar-refractivity contribution < 1.29 is 24.3 Å². The predicted octanol–water partition coefficient (Wildman–Crippen LogP) is 5.36. The molecule has 0 saturated heterocycles. The fourth-order valence-corrected chi connectivity index (χ4v) is 2.79. The normalized spacial score (nSPS) is 10.3. The number of hydrogen-bond acceptors (Lipinski definition) is 5. The summed E-state index contributed by atoms with van der Waals surface area (Å²) in [6.45, 7) is 9.32. The van der Waals surface area contributed by atoms with E-state index in [-0.39, 0.29) is 34.4 Å². The molecule has 6 heteroatoms. The van der Waals surface area contributed by atoms with Crippen LogP contribution in [0.25, 0.3) is 0 Å². The Morgan fingerprint density at radius 1 is 0.969 bits per heavy atom. The molecule has 0 aliphatic carbocycles. The summed E-state index contributed by atoms with van der Waals surface area (Å²) in [5.74, 6) is -0.498. The molecule has 6 nitrogen and oxygen atoms in total. The van der Waals surface area contributed by atoms with Gasteiger partial charge in [-0.3, -0.25) is 23.7 Å². The smallest absolute Gasteiger partial charge is 0.169 e. The van der Waals surface area contributed by atoms with Crippen molar-refractivity contribution in [3.05, 3.63) is 58.7 Å². The van der Waals surface area contributed by atoms with Gasteiger partial charge in [0.05, 0.1) is 37.8 Å². The summed E-state index contributed by atoms with van der Waals surface area (Å²) in [5, 5.41) is 9.56. The Labute approximate surface area is 191 Å². The molecule has 2 aromatic rings. The largest absolute Gasteiger partial charge is 0.506 e. The molecule has 0 aliphatic rings. The van der Waals surface area contributed by atoms with Gasteiger partial charge in [-0.1, -0.05) is 40.7 Å². The molecule has 0 heterocycles. The third-order valence-corrected chi connectivity index (χ3v) is 4.48. The molecule has 0 unspecified atom stereocenters. The Hall–Kier alpha value is -3.12.